The highest BCUT2D eigenvalue weighted by atomic mass is 24.3. The van der Waals surface area contributed by atoms with Crippen LogP contribution < -0.4 is 0 Å². The van der Waals surface area contributed by atoms with Crippen LogP contribution >= 0.6 is 0 Å². The van der Waals surface area contributed by atoms with Crippen molar-refractivity contribution in [1.82, 2.24) is 0 Å². The first-order valence-electron chi connectivity index (χ1n) is 1.62. The van der Waals surface area contributed by atoms with Crippen LogP contribution in [0, 0.1) is 0 Å². The van der Waals surface area contributed by atoms with Crippen LogP contribution in [-0.2, 0) is 4.79 Å². The second-order valence-corrected chi connectivity index (χ2v) is 0.542. The predicted octanol–water partition coefficient (Wildman–Crippen LogP) is 0.678. The van der Waals surface area contributed by atoms with E-state index in [1.54, 1.807) is 0 Å². The molecule has 0 atom stereocenters. The largest absolute Gasteiger partial charge is 0.478 e. The zero-order valence-corrected chi connectivity index (χ0v) is 6.18. The van der Waals surface area contributed by atoms with E-state index in [4.69, 9.17) is 5.11 Å². The van der Waals surface area contributed by atoms with Crippen molar-refractivity contribution in [1.29, 1.82) is 0 Å². The third kappa shape index (κ3) is 43.2. The first kappa shape index (κ1) is 15.6. The summed E-state index contributed by atoms with van der Waals surface area (Å²) in [5.74, 6) is -0.981. The van der Waals surface area contributed by atoms with Crippen molar-refractivity contribution in [2.75, 3.05) is 0 Å². The molecule has 0 rings (SSSR count). The quantitative estimate of drug-likeness (QED) is 0.317. The zero-order valence-electron chi connectivity index (χ0n) is 4.76. The lowest BCUT2D eigenvalue weighted by molar-refractivity contribution is -0.131. The van der Waals surface area contributed by atoms with E-state index in [-0.39, 0.29) is 23.1 Å². The lowest BCUT2D eigenvalue weighted by atomic mass is 10.7. The molecule has 0 saturated heterocycles. The van der Waals surface area contributed by atoms with Crippen molar-refractivity contribution in [2.24, 2.45) is 0 Å². The smallest absolute Gasteiger partial charge is 0.327 e. The van der Waals surface area contributed by atoms with E-state index in [0.29, 0.717) is 0 Å². The Kier molecular flexibility index (Phi) is 31.1. The van der Waals surface area contributed by atoms with Crippen molar-refractivity contribution in [3.63, 3.8) is 0 Å². The fraction of sp³-hybridized carbons (Fsp3) is 0. The highest BCUT2D eigenvalue weighted by Gasteiger charge is 1.73. The number of rotatable bonds is 1. The SMILES string of the molecule is C=C.C=CC(=O)O.[Mg]. The van der Waals surface area contributed by atoms with Gasteiger partial charge < -0.3 is 5.11 Å². The Bertz CT molecular complexity index is 70.8. The van der Waals surface area contributed by atoms with Crippen molar-refractivity contribution < 1.29 is 9.90 Å². The van der Waals surface area contributed by atoms with Crippen LogP contribution in [0.15, 0.2) is 25.8 Å². The summed E-state index contributed by atoms with van der Waals surface area (Å²) in [5, 5.41) is 7.60. The van der Waals surface area contributed by atoms with Crippen LogP contribution in [0.2, 0.25) is 0 Å². The predicted molar refractivity (Wildman–Crippen MR) is 34.8 cm³/mol. The molecule has 0 aliphatic heterocycles. The molecule has 1 N–H and O–H groups in total. The molecular formula is C5H8MgO2. The van der Waals surface area contributed by atoms with Gasteiger partial charge in [0.2, 0.25) is 0 Å². The maximum atomic E-state index is 9.25. The van der Waals surface area contributed by atoms with Gasteiger partial charge in [-0.2, -0.15) is 0 Å². The summed E-state index contributed by atoms with van der Waals surface area (Å²) in [7, 11) is 0. The number of carbonyl (C=O) groups is 1. The standard InChI is InChI=1S/C3H4O2.C2H4.Mg/c1-2-3(4)5;1-2;/h2H,1H2,(H,4,5);1-2H2;. The average Bonchev–Trinajstić information content (AvgIpc) is 1.73. The highest BCUT2D eigenvalue weighted by Crippen LogP contribution is 1.54. The van der Waals surface area contributed by atoms with Crippen LogP contribution in [0.4, 0.5) is 0 Å². The topological polar surface area (TPSA) is 37.3 Å². The second kappa shape index (κ2) is 15.9. The number of carboxylic acids is 1. The Labute approximate surface area is 65.1 Å². The van der Waals surface area contributed by atoms with E-state index in [1.165, 1.54) is 0 Å². The lowest BCUT2D eigenvalue weighted by Crippen LogP contribution is -1.82. The van der Waals surface area contributed by atoms with E-state index in [0.717, 1.165) is 6.08 Å². The molecule has 0 saturated carbocycles. The Balaban J connectivity index is -0.0000000750. The molecule has 0 heterocycles. The number of aliphatic carboxylic acids is 1. The molecule has 0 aliphatic rings. The van der Waals surface area contributed by atoms with Crippen LogP contribution in [0.3, 0.4) is 0 Å². The van der Waals surface area contributed by atoms with Gasteiger partial charge in [-0.15, -0.1) is 13.2 Å². The minimum Gasteiger partial charge on any atom is -0.478 e. The van der Waals surface area contributed by atoms with Crippen LogP contribution in [0.5, 0.6) is 0 Å². The molecule has 2 radical (unpaired) electrons. The van der Waals surface area contributed by atoms with Gasteiger partial charge in [-0.25, -0.2) is 4.79 Å². The van der Waals surface area contributed by atoms with E-state index < -0.39 is 5.97 Å². The summed E-state index contributed by atoms with van der Waals surface area (Å²) < 4.78 is 0. The van der Waals surface area contributed by atoms with Crippen molar-refractivity contribution >= 4 is 29.0 Å². The molecule has 0 aromatic rings. The van der Waals surface area contributed by atoms with Crippen LogP contribution in [0.1, 0.15) is 0 Å². The van der Waals surface area contributed by atoms with Crippen molar-refractivity contribution in [2.45, 2.75) is 0 Å². The summed E-state index contributed by atoms with van der Waals surface area (Å²) in [6.07, 6.45) is 0.833. The first-order chi connectivity index (χ1) is 3.27. The summed E-state index contributed by atoms with van der Waals surface area (Å²) >= 11 is 0. The van der Waals surface area contributed by atoms with Gasteiger partial charge in [0.1, 0.15) is 0 Å². The number of carboxylic acid groups (broad SMARTS) is 1. The van der Waals surface area contributed by atoms with E-state index >= 15 is 0 Å². The Morgan fingerprint density at radius 1 is 1.50 bits per heavy atom. The molecular weight excluding hydrogens is 116 g/mol. The average molecular weight is 124 g/mol. The minimum absolute atomic E-state index is 0. The van der Waals surface area contributed by atoms with Gasteiger partial charge in [0.15, 0.2) is 0 Å². The third-order valence-electron chi connectivity index (χ3n) is 0.175. The van der Waals surface area contributed by atoms with Crippen molar-refractivity contribution in [3.8, 4) is 0 Å². The molecule has 3 heteroatoms. The lowest BCUT2D eigenvalue weighted by Gasteiger charge is -1.64. The molecule has 42 valence electrons. The van der Waals surface area contributed by atoms with Gasteiger partial charge >= 0.3 is 5.97 Å². The number of hydrogen-bond acceptors (Lipinski definition) is 1. The Morgan fingerprint density at radius 2 is 1.62 bits per heavy atom. The molecule has 0 aromatic heterocycles. The van der Waals surface area contributed by atoms with Crippen molar-refractivity contribution in [3.05, 3.63) is 25.8 Å². The van der Waals surface area contributed by atoms with E-state index in [1.807, 2.05) is 0 Å². The molecule has 0 bridgehead atoms. The minimum atomic E-state index is -0.981. The molecule has 0 unspecified atom stereocenters. The van der Waals surface area contributed by atoms with Gasteiger partial charge in [-0.05, 0) is 0 Å². The van der Waals surface area contributed by atoms with Gasteiger partial charge in [0.05, 0.1) is 0 Å². The normalized spacial score (nSPS) is 4.50. The molecule has 0 aliphatic carbocycles. The molecule has 0 fully saturated rings. The van der Waals surface area contributed by atoms with Gasteiger partial charge in [0.25, 0.3) is 0 Å². The summed E-state index contributed by atoms with van der Waals surface area (Å²) in [6, 6.07) is 0. The summed E-state index contributed by atoms with van der Waals surface area (Å²) in [6.45, 7) is 8.96. The highest BCUT2D eigenvalue weighted by molar-refractivity contribution is 5.78. The van der Waals surface area contributed by atoms with Gasteiger partial charge in [0, 0.05) is 29.1 Å². The molecule has 0 aromatic carbocycles. The fourth-order valence-corrected chi connectivity index (χ4v) is 0. The Morgan fingerprint density at radius 3 is 1.62 bits per heavy atom. The zero-order chi connectivity index (χ0) is 6.28. The molecule has 0 spiro atoms. The molecule has 2 nitrogen and oxygen atoms in total. The van der Waals surface area contributed by atoms with Gasteiger partial charge in [-0.3, -0.25) is 0 Å². The second-order valence-electron chi connectivity index (χ2n) is 0.542. The van der Waals surface area contributed by atoms with Gasteiger partial charge in [-0.1, -0.05) is 6.58 Å². The van der Waals surface area contributed by atoms with E-state index in [9.17, 15) is 4.79 Å². The maximum Gasteiger partial charge on any atom is 0.327 e. The Hall–Kier alpha value is -0.284. The fourth-order valence-electron chi connectivity index (χ4n) is 0. The number of hydrogen-bond donors (Lipinski definition) is 1. The summed E-state index contributed by atoms with van der Waals surface area (Å²) in [5.41, 5.74) is 0. The van der Waals surface area contributed by atoms with Crippen LogP contribution in [-0.4, -0.2) is 34.1 Å². The van der Waals surface area contributed by atoms with Crippen LogP contribution in [0.25, 0.3) is 0 Å². The summed E-state index contributed by atoms with van der Waals surface area (Å²) in [4.78, 5) is 9.25. The maximum absolute atomic E-state index is 9.25. The van der Waals surface area contributed by atoms with E-state index in [2.05, 4.69) is 19.7 Å². The molecule has 0 amide bonds. The molecule has 8 heavy (non-hydrogen) atoms. The monoisotopic (exact) mass is 124 g/mol. The third-order valence-corrected chi connectivity index (χ3v) is 0.175. The first-order valence-corrected chi connectivity index (χ1v) is 1.62.